The van der Waals surface area contributed by atoms with E-state index in [1.807, 2.05) is 0 Å². The second-order valence-electron chi connectivity index (χ2n) is 4.38. The SMILES string of the molecule is COCC(=O)NCC(=O)C1CNc2ccc(O)cc21. The second-order valence-corrected chi connectivity index (χ2v) is 4.38. The predicted molar refractivity (Wildman–Crippen MR) is 69.2 cm³/mol. The molecule has 1 heterocycles. The lowest BCUT2D eigenvalue weighted by Crippen LogP contribution is -2.34. The van der Waals surface area contributed by atoms with Crippen LogP contribution in [-0.4, -0.2) is 43.6 Å². The summed E-state index contributed by atoms with van der Waals surface area (Å²) in [5, 5.41) is 15.1. The summed E-state index contributed by atoms with van der Waals surface area (Å²) in [5.74, 6) is -0.632. The monoisotopic (exact) mass is 264 g/mol. The number of phenols is 1. The van der Waals surface area contributed by atoms with Crippen molar-refractivity contribution in [2.24, 2.45) is 0 Å². The van der Waals surface area contributed by atoms with E-state index < -0.39 is 0 Å². The van der Waals surface area contributed by atoms with Gasteiger partial charge in [0.25, 0.3) is 0 Å². The minimum absolute atomic E-state index is 0.0381. The van der Waals surface area contributed by atoms with Crippen molar-refractivity contribution in [2.75, 3.05) is 32.1 Å². The Morgan fingerprint density at radius 2 is 2.32 bits per heavy atom. The Bertz CT molecular complexity index is 501. The van der Waals surface area contributed by atoms with Crippen molar-refractivity contribution < 1.29 is 19.4 Å². The Kier molecular flexibility index (Phi) is 4.01. The number of carbonyl (C=O) groups excluding carboxylic acids is 2. The van der Waals surface area contributed by atoms with Gasteiger partial charge in [-0.05, 0) is 23.8 Å². The molecule has 0 fully saturated rings. The van der Waals surface area contributed by atoms with Crippen LogP contribution in [0.1, 0.15) is 11.5 Å². The number of fused-ring (bicyclic) bond motifs is 1. The lowest BCUT2D eigenvalue weighted by Gasteiger charge is -2.10. The molecule has 1 aromatic carbocycles. The summed E-state index contributed by atoms with van der Waals surface area (Å²) in [6.07, 6.45) is 0. The molecule has 6 heteroatoms. The molecule has 0 aliphatic carbocycles. The number of benzene rings is 1. The minimum Gasteiger partial charge on any atom is -0.508 e. The summed E-state index contributed by atoms with van der Waals surface area (Å²) in [6.45, 7) is 0.384. The van der Waals surface area contributed by atoms with Crippen LogP contribution >= 0.6 is 0 Å². The molecule has 6 nitrogen and oxygen atoms in total. The van der Waals surface area contributed by atoms with Crippen LogP contribution in [0.25, 0.3) is 0 Å². The highest BCUT2D eigenvalue weighted by atomic mass is 16.5. The molecule has 0 radical (unpaired) electrons. The van der Waals surface area contributed by atoms with E-state index in [0.29, 0.717) is 6.54 Å². The smallest absolute Gasteiger partial charge is 0.246 e. The van der Waals surface area contributed by atoms with Gasteiger partial charge in [0.2, 0.25) is 5.91 Å². The standard InChI is InChI=1S/C13H16N2O4/c1-19-7-13(18)15-6-12(17)10-5-14-11-3-2-8(16)4-9(10)11/h2-4,10,14,16H,5-7H2,1H3,(H,15,18). The summed E-state index contributed by atoms with van der Waals surface area (Å²) in [7, 11) is 1.42. The summed E-state index contributed by atoms with van der Waals surface area (Å²) in [4.78, 5) is 23.3. The summed E-state index contributed by atoms with van der Waals surface area (Å²) in [6, 6.07) is 4.88. The van der Waals surface area contributed by atoms with Crippen molar-refractivity contribution in [3.63, 3.8) is 0 Å². The third-order valence-corrected chi connectivity index (χ3v) is 3.03. The maximum absolute atomic E-state index is 12.1. The third kappa shape index (κ3) is 3.03. The highest BCUT2D eigenvalue weighted by molar-refractivity contribution is 5.93. The van der Waals surface area contributed by atoms with Crippen LogP contribution in [0.5, 0.6) is 5.75 Å². The molecule has 102 valence electrons. The number of phenolic OH excluding ortho intramolecular Hbond substituents is 1. The van der Waals surface area contributed by atoms with Gasteiger partial charge < -0.3 is 20.5 Å². The number of ketones is 1. The molecule has 0 saturated heterocycles. The van der Waals surface area contributed by atoms with Gasteiger partial charge in [-0.15, -0.1) is 0 Å². The number of anilines is 1. The Hall–Kier alpha value is -2.08. The number of aromatic hydroxyl groups is 1. The number of nitrogens with one attached hydrogen (secondary N) is 2. The zero-order chi connectivity index (χ0) is 13.8. The van der Waals surface area contributed by atoms with E-state index in [1.165, 1.54) is 7.11 Å². The molecule has 1 unspecified atom stereocenters. The first-order valence-electron chi connectivity index (χ1n) is 5.97. The molecule has 1 amide bonds. The zero-order valence-electron chi connectivity index (χ0n) is 10.6. The van der Waals surface area contributed by atoms with Gasteiger partial charge in [-0.25, -0.2) is 0 Å². The molecule has 19 heavy (non-hydrogen) atoms. The Morgan fingerprint density at radius 1 is 1.53 bits per heavy atom. The van der Waals surface area contributed by atoms with Gasteiger partial charge in [-0.3, -0.25) is 9.59 Å². The maximum atomic E-state index is 12.1. The lowest BCUT2D eigenvalue weighted by molar-refractivity contribution is -0.128. The van der Waals surface area contributed by atoms with E-state index in [9.17, 15) is 14.7 Å². The van der Waals surface area contributed by atoms with Crippen molar-refractivity contribution >= 4 is 17.4 Å². The fraction of sp³-hybridized carbons (Fsp3) is 0.385. The van der Waals surface area contributed by atoms with Crippen molar-refractivity contribution in [1.82, 2.24) is 5.32 Å². The van der Waals surface area contributed by atoms with E-state index in [0.717, 1.165) is 11.3 Å². The van der Waals surface area contributed by atoms with Crippen LogP contribution in [0.2, 0.25) is 0 Å². The van der Waals surface area contributed by atoms with Crippen LogP contribution in [-0.2, 0) is 14.3 Å². The maximum Gasteiger partial charge on any atom is 0.246 e. The van der Waals surface area contributed by atoms with Crippen LogP contribution in [0.15, 0.2) is 18.2 Å². The summed E-state index contributed by atoms with van der Waals surface area (Å²) in [5.41, 5.74) is 1.62. The molecular formula is C13H16N2O4. The van der Waals surface area contributed by atoms with E-state index >= 15 is 0 Å². The largest absolute Gasteiger partial charge is 0.508 e. The zero-order valence-corrected chi connectivity index (χ0v) is 10.6. The average Bonchev–Trinajstić information content (AvgIpc) is 2.79. The first-order valence-corrected chi connectivity index (χ1v) is 5.97. The van der Waals surface area contributed by atoms with E-state index in [-0.39, 0.29) is 36.5 Å². The van der Waals surface area contributed by atoms with E-state index in [4.69, 9.17) is 0 Å². The Morgan fingerprint density at radius 3 is 3.05 bits per heavy atom. The molecule has 0 bridgehead atoms. The lowest BCUT2D eigenvalue weighted by atomic mass is 9.96. The first kappa shape index (κ1) is 13.4. The van der Waals surface area contributed by atoms with Gasteiger partial charge >= 0.3 is 0 Å². The average molecular weight is 264 g/mol. The molecule has 3 N–H and O–H groups in total. The molecule has 0 aromatic heterocycles. The number of rotatable bonds is 5. The number of ether oxygens (including phenoxy) is 1. The van der Waals surface area contributed by atoms with E-state index in [2.05, 4.69) is 15.4 Å². The normalized spacial score (nSPS) is 16.6. The Balaban J connectivity index is 1.99. The summed E-state index contributed by atoms with van der Waals surface area (Å²) < 4.78 is 4.66. The number of hydrogen-bond donors (Lipinski definition) is 3. The minimum atomic E-state index is -0.343. The van der Waals surface area contributed by atoms with Gasteiger partial charge in [0.1, 0.15) is 12.4 Å². The Labute approximate surface area is 110 Å². The van der Waals surface area contributed by atoms with Crippen molar-refractivity contribution in [3.05, 3.63) is 23.8 Å². The molecular weight excluding hydrogens is 248 g/mol. The molecule has 1 aromatic rings. The van der Waals surface area contributed by atoms with Gasteiger partial charge in [0.15, 0.2) is 5.78 Å². The third-order valence-electron chi connectivity index (χ3n) is 3.03. The molecule has 1 aliphatic rings. The van der Waals surface area contributed by atoms with Crippen LogP contribution < -0.4 is 10.6 Å². The topological polar surface area (TPSA) is 87.7 Å². The fourth-order valence-electron chi connectivity index (χ4n) is 2.10. The number of amides is 1. The first-order chi connectivity index (χ1) is 9.11. The quantitative estimate of drug-likeness (QED) is 0.663. The van der Waals surface area contributed by atoms with Crippen molar-refractivity contribution in [1.29, 1.82) is 0 Å². The molecule has 1 atom stereocenters. The summed E-state index contributed by atoms with van der Waals surface area (Å²) >= 11 is 0. The van der Waals surface area contributed by atoms with Gasteiger partial charge in [-0.1, -0.05) is 0 Å². The highest BCUT2D eigenvalue weighted by Crippen LogP contribution is 2.34. The fourth-order valence-corrected chi connectivity index (χ4v) is 2.10. The van der Waals surface area contributed by atoms with Gasteiger partial charge in [-0.2, -0.15) is 0 Å². The van der Waals surface area contributed by atoms with Gasteiger partial charge in [0, 0.05) is 19.3 Å². The number of Topliss-reactive ketones (excluding diaryl/α,β-unsaturated/α-hetero) is 1. The van der Waals surface area contributed by atoms with Crippen molar-refractivity contribution in [2.45, 2.75) is 5.92 Å². The molecule has 1 aliphatic heterocycles. The predicted octanol–water partition coefficient (Wildman–Crippen LogP) is 0.233. The molecule has 0 saturated carbocycles. The molecule has 2 rings (SSSR count). The van der Waals surface area contributed by atoms with Crippen molar-refractivity contribution in [3.8, 4) is 5.75 Å². The van der Waals surface area contributed by atoms with Crippen LogP contribution in [0, 0.1) is 0 Å². The van der Waals surface area contributed by atoms with E-state index in [1.54, 1.807) is 18.2 Å². The molecule has 0 spiro atoms. The number of methoxy groups -OCH3 is 1. The van der Waals surface area contributed by atoms with Gasteiger partial charge in [0.05, 0.1) is 12.5 Å². The highest BCUT2D eigenvalue weighted by Gasteiger charge is 2.28. The number of carbonyl (C=O) groups is 2. The van der Waals surface area contributed by atoms with Crippen LogP contribution in [0.4, 0.5) is 5.69 Å². The second kappa shape index (κ2) is 5.71. The van der Waals surface area contributed by atoms with Crippen LogP contribution in [0.3, 0.4) is 0 Å². The number of hydrogen-bond acceptors (Lipinski definition) is 5.